The summed E-state index contributed by atoms with van der Waals surface area (Å²) in [5.74, 6) is 4.12. The Balaban J connectivity index is 1.30. The molecule has 2 saturated carbocycles. The highest BCUT2D eigenvalue weighted by molar-refractivity contribution is 6.20. The average Bonchev–Trinajstić information content (AvgIpc) is 2.80. The van der Waals surface area contributed by atoms with Crippen molar-refractivity contribution < 1.29 is 4.74 Å². The summed E-state index contributed by atoms with van der Waals surface area (Å²) in [6.07, 6.45) is 19.6. The van der Waals surface area contributed by atoms with E-state index in [0.717, 1.165) is 55.2 Å². The third kappa shape index (κ3) is 8.56. The van der Waals surface area contributed by atoms with Crippen molar-refractivity contribution in [2.24, 2.45) is 23.7 Å². The van der Waals surface area contributed by atoms with Crippen molar-refractivity contribution in [1.29, 1.82) is 0 Å². The maximum absolute atomic E-state index is 6.92. The normalized spacial score (nSPS) is 27.7. The molecular formula is C27H45ClN2O. The number of nitrogens with zero attached hydrogens (tertiary/aromatic N) is 2. The second-order valence-electron chi connectivity index (χ2n) is 10.3. The number of unbranched alkanes of at least 4 members (excludes halogenated alkanes) is 1. The van der Waals surface area contributed by atoms with Crippen molar-refractivity contribution in [2.75, 3.05) is 6.61 Å². The fraction of sp³-hybridized carbons (Fsp3) is 0.852. The van der Waals surface area contributed by atoms with Gasteiger partial charge in [0, 0.05) is 11.4 Å². The van der Waals surface area contributed by atoms with Crippen LogP contribution in [0.3, 0.4) is 0 Å². The van der Waals surface area contributed by atoms with Crippen LogP contribution in [0.5, 0.6) is 5.88 Å². The molecule has 0 aromatic carbocycles. The molecule has 0 aliphatic heterocycles. The summed E-state index contributed by atoms with van der Waals surface area (Å²) in [6, 6.07) is 4.07. The SMILES string of the molecule is CCCCOc1ccc(CC[C@H]2CC[C@H](CC(Cl)[C@H]3CC[C@H](CCC)CC3)CC2)nn1. The van der Waals surface area contributed by atoms with E-state index in [1.54, 1.807) is 0 Å². The van der Waals surface area contributed by atoms with Gasteiger partial charge in [0.1, 0.15) is 0 Å². The summed E-state index contributed by atoms with van der Waals surface area (Å²) in [7, 11) is 0. The lowest BCUT2D eigenvalue weighted by Crippen LogP contribution is -2.26. The Bertz CT molecular complexity index is 592. The van der Waals surface area contributed by atoms with Crippen molar-refractivity contribution >= 4 is 11.6 Å². The minimum Gasteiger partial charge on any atom is -0.477 e. The van der Waals surface area contributed by atoms with Gasteiger partial charge in [-0.1, -0.05) is 71.6 Å². The molecule has 2 aliphatic carbocycles. The van der Waals surface area contributed by atoms with Crippen molar-refractivity contribution in [3.8, 4) is 5.88 Å². The Kier molecular flexibility index (Phi) is 10.9. The molecule has 3 nitrogen and oxygen atoms in total. The van der Waals surface area contributed by atoms with E-state index < -0.39 is 0 Å². The maximum atomic E-state index is 6.92. The number of halogens is 1. The van der Waals surface area contributed by atoms with Gasteiger partial charge in [0.25, 0.3) is 0 Å². The molecule has 0 N–H and O–H groups in total. The van der Waals surface area contributed by atoms with Crippen LogP contribution in [0.15, 0.2) is 12.1 Å². The molecular weight excluding hydrogens is 404 g/mol. The highest BCUT2D eigenvalue weighted by atomic mass is 35.5. The van der Waals surface area contributed by atoms with E-state index in [1.807, 2.05) is 6.07 Å². The van der Waals surface area contributed by atoms with E-state index in [1.165, 1.54) is 77.0 Å². The molecule has 2 aliphatic rings. The van der Waals surface area contributed by atoms with Gasteiger partial charge in [0.05, 0.1) is 12.3 Å². The molecule has 0 saturated heterocycles. The van der Waals surface area contributed by atoms with Crippen molar-refractivity contribution in [2.45, 2.75) is 116 Å². The number of hydrogen-bond donors (Lipinski definition) is 0. The summed E-state index contributed by atoms with van der Waals surface area (Å²) in [4.78, 5) is 0. The van der Waals surface area contributed by atoms with E-state index >= 15 is 0 Å². The van der Waals surface area contributed by atoms with Crippen LogP contribution in [0, 0.1) is 23.7 Å². The first kappa shape index (κ1) is 24.8. The predicted molar refractivity (Wildman–Crippen MR) is 131 cm³/mol. The molecule has 1 aromatic rings. The van der Waals surface area contributed by atoms with Crippen molar-refractivity contribution in [1.82, 2.24) is 10.2 Å². The summed E-state index contributed by atoms with van der Waals surface area (Å²) in [5, 5.41) is 9.02. The van der Waals surface area contributed by atoms with Crippen molar-refractivity contribution in [3.05, 3.63) is 17.8 Å². The third-order valence-electron chi connectivity index (χ3n) is 7.88. The van der Waals surface area contributed by atoms with Gasteiger partial charge in [-0.2, -0.15) is 5.10 Å². The summed E-state index contributed by atoms with van der Waals surface area (Å²) in [5.41, 5.74) is 1.10. The first-order chi connectivity index (χ1) is 15.2. The fourth-order valence-corrected chi connectivity index (χ4v) is 6.25. The lowest BCUT2D eigenvalue weighted by atomic mass is 9.74. The van der Waals surface area contributed by atoms with Gasteiger partial charge in [-0.05, 0) is 68.3 Å². The Morgan fingerprint density at radius 3 is 2.19 bits per heavy atom. The van der Waals surface area contributed by atoms with Crippen LogP contribution >= 0.6 is 11.6 Å². The molecule has 4 heteroatoms. The highest BCUT2D eigenvalue weighted by Crippen LogP contribution is 2.40. The topological polar surface area (TPSA) is 35.0 Å². The minimum absolute atomic E-state index is 0.414. The van der Waals surface area contributed by atoms with Crippen LogP contribution in [-0.2, 0) is 6.42 Å². The molecule has 0 bridgehead atoms. The molecule has 176 valence electrons. The lowest BCUT2D eigenvalue weighted by molar-refractivity contribution is 0.212. The lowest BCUT2D eigenvalue weighted by Gasteiger charge is -2.34. The maximum Gasteiger partial charge on any atom is 0.233 e. The van der Waals surface area contributed by atoms with E-state index in [-0.39, 0.29) is 0 Å². The molecule has 2 fully saturated rings. The van der Waals surface area contributed by atoms with Gasteiger partial charge in [-0.25, -0.2) is 0 Å². The number of rotatable bonds is 12. The molecule has 3 rings (SSSR count). The van der Waals surface area contributed by atoms with Crippen LogP contribution in [-0.4, -0.2) is 22.2 Å². The van der Waals surface area contributed by atoms with Gasteiger partial charge in [-0.15, -0.1) is 16.7 Å². The molecule has 0 spiro atoms. The minimum atomic E-state index is 0.414. The number of aromatic nitrogens is 2. The number of aryl methyl sites for hydroxylation is 1. The van der Waals surface area contributed by atoms with E-state index in [0.29, 0.717) is 11.3 Å². The summed E-state index contributed by atoms with van der Waals surface area (Å²) in [6.45, 7) is 5.22. The van der Waals surface area contributed by atoms with E-state index in [9.17, 15) is 0 Å². The van der Waals surface area contributed by atoms with E-state index in [4.69, 9.17) is 16.3 Å². The average molecular weight is 449 g/mol. The molecule has 1 atom stereocenters. The van der Waals surface area contributed by atoms with Gasteiger partial charge in [0.15, 0.2) is 0 Å². The monoisotopic (exact) mass is 448 g/mol. The first-order valence-electron chi connectivity index (χ1n) is 13.3. The first-order valence-corrected chi connectivity index (χ1v) is 13.7. The van der Waals surface area contributed by atoms with Gasteiger partial charge < -0.3 is 4.74 Å². The van der Waals surface area contributed by atoms with Crippen LogP contribution in [0.2, 0.25) is 0 Å². The van der Waals surface area contributed by atoms with Crippen LogP contribution < -0.4 is 4.74 Å². The molecule has 0 amide bonds. The quantitative estimate of drug-likeness (QED) is 0.240. The zero-order valence-corrected chi connectivity index (χ0v) is 20.8. The number of hydrogen-bond acceptors (Lipinski definition) is 3. The highest BCUT2D eigenvalue weighted by Gasteiger charge is 2.29. The molecule has 0 radical (unpaired) electrons. The van der Waals surface area contributed by atoms with Crippen LogP contribution in [0.25, 0.3) is 0 Å². The Morgan fingerprint density at radius 2 is 1.55 bits per heavy atom. The summed E-state index contributed by atoms with van der Waals surface area (Å²) < 4.78 is 5.61. The smallest absolute Gasteiger partial charge is 0.233 e. The van der Waals surface area contributed by atoms with Gasteiger partial charge >= 0.3 is 0 Å². The zero-order valence-electron chi connectivity index (χ0n) is 20.0. The zero-order chi connectivity index (χ0) is 21.9. The second-order valence-corrected chi connectivity index (χ2v) is 10.9. The standard InChI is InChI=1S/C27H45ClN2O/c1-3-5-19-31-27-18-17-25(29-30-27)16-13-22-7-9-23(10-8-22)20-26(28)24-14-11-21(6-4-2)12-15-24/h17-18,21-24,26H,3-16,19-20H2,1-2H3/t21-,22-,23-,24-,26?. The van der Waals surface area contributed by atoms with E-state index in [2.05, 4.69) is 30.1 Å². The Hall–Kier alpha value is -0.830. The molecule has 31 heavy (non-hydrogen) atoms. The van der Waals surface area contributed by atoms with Crippen molar-refractivity contribution in [3.63, 3.8) is 0 Å². The Labute approximate surface area is 196 Å². The number of alkyl halides is 1. The summed E-state index contributed by atoms with van der Waals surface area (Å²) >= 11 is 6.92. The third-order valence-corrected chi connectivity index (χ3v) is 8.41. The molecule has 1 aromatic heterocycles. The molecule has 1 unspecified atom stereocenters. The predicted octanol–water partition coefficient (Wildman–Crippen LogP) is 8.00. The van der Waals surface area contributed by atoms with Gasteiger partial charge in [0.2, 0.25) is 5.88 Å². The largest absolute Gasteiger partial charge is 0.477 e. The fourth-order valence-electron chi connectivity index (χ4n) is 5.74. The van der Waals surface area contributed by atoms with Crippen LogP contribution in [0.4, 0.5) is 0 Å². The number of ether oxygens (including phenoxy) is 1. The second kappa shape index (κ2) is 13.7. The van der Waals surface area contributed by atoms with Crippen LogP contribution in [0.1, 0.15) is 109 Å². The Morgan fingerprint density at radius 1 is 0.871 bits per heavy atom. The van der Waals surface area contributed by atoms with Gasteiger partial charge in [-0.3, -0.25) is 0 Å². The molecule has 1 heterocycles.